The van der Waals surface area contributed by atoms with Gasteiger partial charge in [-0.1, -0.05) is 0 Å². The molecule has 65 valence electrons. The van der Waals surface area contributed by atoms with Gasteiger partial charge in [-0.3, -0.25) is 4.79 Å². The molecule has 1 aromatic carbocycles. The average molecular weight is 172 g/mol. The molecule has 2 heteroatoms. The van der Waals surface area contributed by atoms with E-state index in [4.69, 9.17) is 0 Å². The Hall–Kier alpha value is -1.31. The van der Waals surface area contributed by atoms with Crippen LogP contribution in [0.3, 0.4) is 0 Å². The van der Waals surface area contributed by atoms with Crippen LogP contribution in [0.1, 0.15) is 17.5 Å². The maximum atomic E-state index is 11.6. The van der Waals surface area contributed by atoms with Gasteiger partial charge in [0.05, 0.1) is 12.1 Å². The van der Waals surface area contributed by atoms with Crippen molar-refractivity contribution < 1.29 is 4.79 Å². The second kappa shape index (κ2) is 2.34. The summed E-state index contributed by atoms with van der Waals surface area (Å²) >= 11 is 0. The SMILES string of the molecule is O=C1Cc2c[c]cc3c2N1CCC3. The molecule has 2 aliphatic rings. The van der Waals surface area contributed by atoms with Crippen LogP contribution in [0.4, 0.5) is 5.69 Å². The normalized spacial score (nSPS) is 19.1. The molecule has 1 radical (unpaired) electrons. The summed E-state index contributed by atoms with van der Waals surface area (Å²) in [7, 11) is 0. The Bertz CT molecular complexity index is 384. The molecular weight excluding hydrogens is 162 g/mol. The lowest BCUT2D eigenvalue weighted by Crippen LogP contribution is -2.31. The molecule has 0 aliphatic carbocycles. The van der Waals surface area contributed by atoms with E-state index in [0.29, 0.717) is 6.42 Å². The van der Waals surface area contributed by atoms with Crippen LogP contribution in [-0.4, -0.2) is 12.5 Å². The average Bonchev–Trinajstić information content (AvgIpc) is 2.47. The molecule has 2 nitrogen and oxygen atoms in total. The molecule has 0 aromatic heterocycles. The van der Waals surface area contributed by atoms with Gasteiger partial charge in [0.1, 0.15) is 0 Å². The highest BCUT2D eigenvalue weighted by molar-refractivity contribution is 6.02. The fraction of sp³-hybridized carbons (Fsp3) is 0.364. The lowest BCUT2D eigenvalue weighted by molar-refractivity contribution is -0.117. The van der Waals surface area contributed by atoms with Crippen LogP contribution in [0.2, 0.25) is 0 Å². The lowest BCUT2D eigenvalue weighted by atomic mass is 10.0. The number of aryl methyl sites for hydroxylation is 1. The maximum Gasteiger partial charge on any atom is 0.231 e. The zero-order valence-electron chi connectivity index (χ0n) is 7.34. The van der Waals surface area contributed by atoms with Crippen molar-refractivity contribution in [1.82, 2.24) is 0 Å². The molecular formula is C11H10NO. The highest BCUT2D eigenvalue weighted by atomic mass is 16.2. The maximum absolute atomic E-state index is 11.6. The fourth-order valence-corrected chi connectivity index (χ4v) is 2.30. The summed E-state index contributed by atoms with van der Waals surface area (Å²) in [6, 6.07) is 7.07. The van der Waals surface area contributed by atoms with Gasteiger partial charge >= 0.3 is 0 Å². The quantitative estimate of drug-likeness (QED) is 0.578. The topological polar surface area (TPSA) is 20.3 Å². The molecule has 0 unspecified atom stereocenters. The van der Waals surface area contributed by atoms with Crippen molar-refractivity contribution in [2.45, 2.75) is 19.3 Å². The Morgan fingerprint density at radius 2 is 2.15 bits per heavy atom. The number of anilines is 1. The number of amides is 1. The van der Waals surface area contributed by atoms with Gasteiger partial charge in [0.25, 0.3) is 0 Å². The Morgan fingerprint density at radius 1 is 1.31 bits per heavy atom. The minimum Gasteiger partial charge on any atom is -0.312 e. The van der Waals surface area contributed by atoms with Crippen LogP contribution < -0.4 is 4.90 Å². The first-order chi connectivity index (χ1) is 6.36. The molecule has 0 saturated carbocycles. The van der Waals surface area contributed by atoms with E-state index in [1.165, 1.54) is 16.8 Å². The van der Waals surface area contributed by atoms with E-state index in [9.17, 15) is 4.79 Å². The number of rotatable bonds is 0. The zero-order chi connectivity index (χ0) is 8.84. The third-order valence-corrected chi connectivity index (χ3v) is 2.86. The van der Waals surface area contributed by atoms with Crippen molar-refractivity contribution in [3.63, 3.8) is 0 Å². The van der Waals surface area contributed by atoms with Crippen molar-refractivity contribution in [2.75, 3.05) is 11.4 Å². The Kier molecular flexibility index (Phi) is 1.29. The molecule has 0 spiro atoms. The highest BCUT2D eigenvalue weighted by Gasteiger charge is 2.31. The smallest absolute Gasteiger partial charge is 0.231 e. The summed E-state index contributed by atoms with van der Waals surface area (Å²) in [5.41, 5.74) is 3.66. The molecule has 0 N–H and O–H groups in total. The number of hydrogen-bond donors (Lipinski definition) is 0. The first kappa shape index (κ1) is 7.13. The standard InChI is InChI=1S/C11H10NO/c13-10-7-9-4-1-3-8-5-2-6-12(10)11(8)9/h3-4H,2,5-7H2. The number of nitrogens with zero attached hydrogens (tertiary/aromatic N) is 1. The van der Waals surface area contributed by atoms with Crippen LogP contribution in [-0.2, 0) is 17.6 Å². The number of hydrogen-bond acceptors (Lipinski definition) is 1. The van der Waals surface area contributed by atoms with Crippen molar-refractivity contribution in [3.8, 4) is 0 Å². The van der Waals surface area contributed by atoms with E-state index >= 15 is 0 Å². The van der Waals surface area contributed by atoms with E-state index in [-0.39, 0.29) is 5.91 Å². The van der Waals surface area contributed by atoms with Crippen LogP contribution in [0.5, 0.6) is 0 Å². The first-order valence-electron chi connectivity index (χ1n) is 4.68. The molecule has 13 heavy (non-hydrogen) atoms. The molecule has 2 aliphatic heterocycles. The second-order valence-electron chi connectivity index (χ2n) is 3.68. The van der Waals surface area contributed by atoms with Crippen LogP contribution in [0.25, 0.3) is 0 Å². The molecule has 1 amide bonds. The highest BCUT2D eigenvalue weighted by Crippen LogP contribution is 2.35. The zero-order valence-corrected chi connectivity index (χ0v) is 7.34. The summed E-state index contributed by atoms with van der Waals surface area (Å²) in [6.07, 6.45) is 2.78. The second-order valence-corrected chi connectivity index (χ2v) is 3.68. The summed E-state index contributed by atoms with van der Waals surface area (Å²) in [5, 5.41) is 0. The monoisotopic (exact) mass is 172 g/mol. The van der Waals surface area contributed by atoms with Crippen molar-refractivity contribution in [2.24, 2.45) is 0 Å². The summed E-state index contributed by atoms with van der Waals surface area (Å²) in [6.45, 7) is 0.906. The van der Waals surface area contributed by atoms with E-state index in [2.05, 4.69) is 6.07 Å². The van der Waals surface area contributed by atoms with Crippen molar-refractivity contribution >= 4 is 11.6 Å². The van der Waals surface area contributed by atoms with Gasteiger partial charge in [0.15, 0.2) is 0 Å². The van der Waals surface area contributed by atoms with E-state index in [1.54, 1.807) is 0 Å². The number of carbonyl (C=O) groups is 1. The molecule has 0 bridgehead atoms. The minimum absolute atomic E-state index is 0.260. The fourth-order valence-electron chi connectivity index (χ4n) is 2.30. The molecule has 2 heterocycles. The number of carbonyl (C=O) groups excluding carboxylic acids is 1. The summed E-state index contributed by atoms with van der Waals surface area (Å²) < 4.78 is 0. The molecule has 0 fully saturated rings. The van der Waals surface area contributed by atoms with Gasteiger partial charge in [0, 0.05) is 6.54 Å². The van der Waals surface area contributed by atoms with E-state index in [1.807, 2.05) is 17.0 Å². The predicted octanol–water partition coefficient (Wildman–Crippen LogP) is 1.32. The van der Waals surface area contributed by atoms with Crippen molar-refractivity contribution in [1.29, 1.82) is 0 Å². The Morgan fingerprint density at radius 3 is 3.08 bits per heavy atom. The van der Waals surface area contributed by atoms with Crippen LogP contribution in [0, 0.1) is 6.07 Å². The third kappa shape index (κ3) is 0.857. The summed E-state index contributed by atoms with van der Waals surface area (Å²) in [5.74, 6) is 0.260. The molecule has 1 aromatic rings. The van der Waals surface area contributed by atoms with Gasteiger partial charge in [0.2, 0.25) is 5.91 Å². The van der Waals surface area contributed by atoms with Crippen molar-refractivity contribution in [3.05, 3.63) is 29.3 Å². The Balaban J connectivity index is 2.25. The molecule has 3 rings (SSSR count). The van der Waals surface area contributed by atoms with Gasteiger partial charge in [-0.05, 0) is 42.2 Å². The third-order valence-electron chi connectivity index (χ3n) is 2.86. The summed E-state index contributed by atoms with van der Waals surface area (Å²) in [4.78, 5) is 13.5. The number of benzene rings is 1. The Labute approximate surface area is 77.2 Å². The van der Waals surface area contributed by atoms with E-state index < -0.39 is 0 Å². The van der Waals surface area contributed by atoms with E-state index in [0.717, 1.165) is 19.4 Å². The molecule has 0 atom stereocenters. The van der Waals surface area contributed by atoms with Gasteiger partial charge in [-0.25, -0.2) is 0 Å². The van der Waals surface area contributed by atoms with Gasteiger partial charge < -0.3 is 4.90 Å². The van der Waals surface area contributed by atoms with Crippen LogP contribution in [0.15, 0.2) is 12.1 Å². The minimum atomic E-state index is 0.260. The predicted molar refractivity (Wildman–Crippen MR) is 49.7 cm³/mol. The van der Waals surface area contributed by atoms with Gasteiger partial charge in [-0.2, -0.15) is 0 Å². The molecule has 0 saturated heterocycles. The largest absolute Gasteiger partial charge is 0.312 e. The first-order valence-corrected chi connectivity index (χ1v) is 4.68. The van der Waals surface area contributed by atoms with Gasteiger partial charge in [-0.15, -0.1) is 0 Å². The lowest BCUT2D eigenvalue weighted by Gasteiger charge is -2.25. The van der Waals surface area contributed by atoms with Crippen LogP contribution >= 0.6 is 0 Å².